The van der Waals surface area contributed by atoms with E-state index in [0.29, 0.717) is 16.3 Å². The highest BCUT2D eigenvalue weighted by Crippen LogP contribution is 2.27. The highest BCUT2D eigenvalue weighted by Gasteiger charge is 2.12. The summed E-state index contributed by atoms with van der Waals surface area (Å²) in [6.07, 6.45) is 0. The van der Waals surface area contributed by atoms with E-state index in [1.54, 1.807) is 36.4 Å². The van der Waals surface area contributed by atoms with Crippen molar-refractivity contribution in [1.82, 2.24) is 0 Å². The molecule has 5 nitrogen and oxygen atoms in total. The number of rotatable bonds is 6. The van der Waals surface area contributed by atoms with Crippen LogP contribution in [0.25, 0.3) is 0 Å². The maximum Gasteiger partial charge on any atom is 0.372 e. The van der Waals surface area contributed by atoms with Crippen LogP contribution in [0.1, 0.15) is 17.3 Å². The van der Waals surface area contributed by atoms with E-state index in [1.165, 1.54) is 19.1 Å². The Morgan fingerprint density at radius 1 is 1.08 bits per heavy atom. The van der Waals surface area contributed by atoms with Crippen LogP contribution in [-0.2, 0) is 9.63 Å². The molecule has 2 aromatic carbocycles. The summed E-state index contributed by atoms with van der Waals surface area (Å²) in [6, 6.07) is 13.2. The van der Waals surface area contributed by atoms with Crippen LogP contribution in [-0.4, -0.2) is 24.1 Å². The minimum Gasteiger partial charge on any atom is -0.480 e. The number of oxime groups is 1. The molecular weight excluding hydrogens is 353 g/mol. The molecule has 0 aromatic heterocycles. The van der Waals surface area contributed by atoms with Gasteiger partial charge in [0.15, 0.2) is 6.61 Å². The van der Waals surface area contributed by atoms with Crippen LogP contribution in [0.4, 0.5) is 0 Å². The molecule has 0 saturated carbocycles. The zero-order valence-electron chi connectivity index (χ0n) is 12.7. The number of ketones is 1. The monoisotopic (exact) mass is 365 g/mol. The fraction of sp³-hybridized carbons (Fsp3) is 0.118. The lowest BCUT2D eigenvalue weighted by molar-refractivity contribution is -0.146. The van der Waals surface area contributed by atoms with Crippen molar-refractivity contribution in [3.05, 3.63) is 64.1 Å². The number of nitrogens with zero attached hydrogens (tertiary/aromatic N) is 1. The standard InChI is InChI=1S/C17H13Cl2NO4/c1-11(17(22)12-5-3-2-4-6-12)20-24-16(21)10-23-15-8-7-13(18)9-14(15)19/h2-9H,10H2,1H3/b20-11+. The Hall–Kier alpha value is -2.37. The fourth-order valence-corrected chi connectivity index (χ4v) is 2.18. The number of benzene rings is 2. The van der Waals surface area contributed by atoms with E-state index in [9.17, 15) is 9.59 Å². The first-order valence-electron chi connectivity index (χ1n) is 6.89. The van der Waals surface area contributed by atoms with Gasteiger partial charge in [-0.25, -0.2) is 4.79 Å². The minimum atomic E-state index is -0.763. The lowest BCUT2D eigenvalue weighted by Gasteiger charge is -2.06. The van der Waals surface area contributed by atoms with E-state index >= 15 is 0 Å². The fourth-order valence-electron chi connectivity index (χ4n) is 1.71. The molecule has 0 radical (unpaired) electrons. The van der Waals surface area contributed by atoms with Gasteiger partial charge in [-0.3, -0.25) is 4.79 Å². The Morgan fingerprint density at radius 3 is 2.46 bits per heavy atom. The first kappa shape index (κ1) is 18.0. The molecule has 7 heteroatoms. The third-order valence-corrected chi connectivity index (χ3v) is 3.42. The highest BCUT2D eigenvalue weighted by molar-refractivity contribution is 6.45. The van der Waals surface area contributed by atoms with E-state index in [2.05, 4.69) is 9.99 Å². The number of hydrogen-bond acceptors (Lipinski definition) is 5. The van der Waals surface area contributed by atoms with Crippen LogP contribution < -0.4 is 4.74 Å². The van der Waals surface area contributed by atoms with Crippen molar-refractivity contribution in [3.8, 4) is 5.75 Å². The number of Topliss-reactive ketones (excluding diaryl/α,β-unsaturated/α-hetero) is 1. The first-order valence-corrected chi connectivity index (χ1v) is 7.65. The molecule has 0 atom stereocenters. The summed E-state index contributed by atoms with van der Waals surface area (Å²) in [5, 5.41) is 4.26. The normalized spacial score (nSPS) is 11.0. The number of halogens is 2. The Morgan fingerprint density at radius 2 is 1.79 bits per heavy atom. The van der Waals surface area contributed by atoms with Crippen molar-refractivity contribution in [3.63, 3.8) is 0 Å². The molecule has 0 heterocycles. The molecule has 0 saturated heterocycles. The summed E-state index contributed by atoms with van der Waals surface area (Å²) in [5.74, 6) is -0.801. The van der Waals surface area contributed by atoms with Crippen LogP contribution in [0.5, 0.6) is 5.75 Å². The quantitative estimate of drug-likeness (QED) is 0.333. The lowest BCUT2D eigenvalue weighted by Crippen LogP contribution is -2.16. The SMILES string of the molecule is C/C(=N\OC(=O)COc1ccc(Cl)cc1Cl)C(=O)c1ccccc1. The molecular formula is C17H13Cl2NO4. The van der Waals surface area contributed by atoms with Gasteiger partial charge in [0.1, 0.15) is 11.5 Å². The number of hydrogen-bond donors (Lipinski definition) is 0. The number of carbonyl (C=O) groups is 2. The summed E-state index contributed by atoms with van der Waals surface area (Å²) in [5.41, 5.74) is 0.512. The topological polar surface area (TPSA) is 65.0 Å². The third-order valence-electron chi connectivity index (χ3n) is 2.89. The molecule has 24 heavy (non-hydrogen) atoms. The van der Waals surface area contributed by atoms with E-state index in [-0.39, 0.29) is 16.5 Å². The summed E-state index contributed by atoms with van der Waals surface area (Å²) in [7, 11) is 0. The average Bonchev–Trinajstić information content (AvgIpc) is 2.59. The van der Waals surface area contributed by atoms with Crippen molar-refractivity contribution in [1.29, 1.82) is 0 Å². The van der Waals surface area contributed by atoms with Crippen molar-refractivity contribution in [2.75, 3.05) is 6.61 Å². The van der Waals surface area contributed by atoms with Crippen LogP contribution in [0, 0.1) is 0 Å². The Labute approximate surface area is 148 Å². The molecule has 0 fully saturated rings. The van der Waals surface area contributed by atoms with Crippen LogP contribution in [0.2, 0.25) is 10.0 Å². The maximum atomic E-state index is 12.0. The van der Waals surface area contributed by atoms with Gasteiger partial charge in [-0.2, -0.15) is 0 Å². The highest BCUT2D eigenvalue weighted by atomic mass is 35.5. The zero-order chi connectivity index (χ0) is 17.5. The van der Waals surface area contributed by atoms with Crippen LogP contribution >= 0.6 is 23.2 Å². The van der Waals surface area contributed by atoms with Crippen molar-refractivity contribution < 1.29 is 19.2 Å². The summed E-state index contributed by atoms with van der Waals surface area (Å²) >= 11 is 11.7. The lowest BCUT2D eigenvalue weighted by atomic mass is 10.1. The molecule has 0 spiro atoms. The predicted molar refractivity (Wildman–Crippen MR) is 91.9 cm³/mol. The molecule has 0 bridgehead atoms. The van der Waals surface area contributed by atoms with Gasteiger partial charge in [-0.05, 0) is 25.1 Å². The van der Waals surface area contributed by atoms with E-state index in [1.807, 2.05) is 0 Å². The van der Waals surface area contributed by atoms with Crippen molar-refractivity contribution in [2.24, 2.45) is 5.16 Å². The van der Waals surface area contributed by atoms with Crippen LogP contribution in [0.3, 0.4) is 0 Å². The first-order chi connectivity index (χ1) is 11.5. The second-order valence-corrected chi connectivity index (χ2v) is 5.54. The van der Waals surface area contributed by atoms with Gasteiger partial charge in [-0.15, -0.1) is 0 Å². The second-order valence-electron chi connectivity index (χ2n) is 4.70. The van der Waals surface area contributed by atoms with Gasteiger partial charge < -0.3 is 9.57 Å². The Bertz CT molecular complexity index is 775. The Balaban J connectivity index is 1.89. The summed E-state index contributed by atoms with van der Waals surface area (Å²) < 4.78 is 5.21. The molecule has 124 valence electrons. The average molecular weight is 366 g/mol. The molecule has 0 aliphatic rings. The Kier molecular flexibility index (Phi) is 6.35. The molecule has 2 rings (SSSR count). The molecule has 0 N–H and O–H groups in total. The number of ether oxygens (including phenoxy) is 1. The van der Waals surface area contributed by atoms with Gasteiger partial charge in [0, 0.05) is 10.6 Å². The van der Waals surface area contributed by atoms with Gasteiger partial charge >= 0.3 is 5.97 Å². The number of carbonyl (C=O) groups excluding carboxylic acids is 2. The van der Waals surface area contributed by atoms with E-state index in [4.69, 9.17) is 27.9 Å². The van der Waals surface area contributed by atoms with Gasteiger partial charge in [0.25, 0.3) is 0 Å². The van der Waals surface area contributed by atoms with Gasteiger partial charge in [0.2, 0.25) is 5.78 Å². The molecule has 0 aliphatic heterocycles. The molecule has 0 unspecified atom stereocenters. The molecule has 0 aliphatic carbocycles. The molecule has 2 aromatic rings. The minimum absolute atomic E-state index is 0.0547. The predicted octanol–water partition coefficient (Wildman–Crippen LogP) is 4.17. The van der Waals surface area contributed by atoms with Crippen LogP contribution in [0.15, 0.2) is 53.7 Å². The summed E-state index contributed by atoms with van der Waals surface area (Å²) in [6.45, 7) is 1.05. The maximum absolute atomic E-state index is 12.0. The van der Waals surface area contributed by atoms with Crippen molar-refractivity contribution in [2.45, 2.75) is 6.92 Å². The van der Waals surface area contributed by atoms with Gasteiger partial charge in [0.05, 0.1) is 5.02 Å². The third kappa shape index (κ3) is 5.08. The van der Waals surface area contributed by atoms with Crippen molar-refractivity contribution >= 4 is 40.7 Å². The summed E-state index contributed by atoms with van der Waals surface area (Å²) in [4.78, 5) is 28.3. The molecule has 0 amide bonds. The largest absolute Gasteiger partial charge is 0.480 e. The zero-order valence-corrected chi connectivity index (χ0v) is 14.2. The van der Waals surface area contributed by atoms with Gasteiger partial charge in [-0.1, -0.05) is 58.7 Å². The van der Waals surface area contributed by atoms with E-state index < -0.39 is 12.6 Å². The smallest absolute Gasteiger partial charge is 0.372 e. The van der Waals surface area contributed by atoms with E-state index in [0.717, 1.165) is 0 Å². The second kappa shape index (κ2) is 8.47.